The number of hydrogen-bond acceptors (Lipinski definition) is 4. The number of amides is 2. The summed E-state index contributed by atoms with van der Waals surface area (Å²) < 4.78 is 5.02. The minimum Gasteiger partial charge on any atom is -0.506 e. The monoisotopic (exact) mass is 336 g/mol. The standard InChI is InChI=1S/C19H16N2O4/c1-12-4-9-15(16(22)11-12)21-18(23)13-5-7-14(8-6-13)20-19(24)17-3-2-10-25-17/h2-11,22H,1H3,(H,20,24)(H,21,23). The Labute approximate surface area is 144 Å². The molecule has 3 aromatic rings. The molecule has 0 saturated heterocycles. The predicted molar refractivity (Wildman–Crippen MR) is 93.9 cm³/mol. The van der Waals surface area contributed by atoms with Gasteiger partial charge in [-0.25, -0.2) is 0 Å². The number of carbonyl (C=O) groups excluding carboxylic acids is 2. The molecule has 0 aliphatic heterocycles. The number of nitrogens with one attached hydrogen (secondary N) is 2. The molecule has 0 bridgehead atoms. The minimum absolute atomic E-state index is 0.00989. The van der Waals surface area contributed by atoms with E-state index in [2.05, 4.69) is 10.6 Å². The Morgan fingerprint density at radius 1 is 0.960 bits per heavy atom. The van der Waals surface area contributed by atoms with Gasteiger partial charge in [-0.3, -0.25) is 9.59 Å². The molecule has 0 saturated carbocycles. The van der Waals surface area contributed by atoms with Gasteiger partial charge in [-0.05, 0) is 61.0 Å². The number of phenols is 1. The van der Waals surface area contributed by atoms with Crippen LogP contribution in [0, 0.1) is 6.92 Å². The predicted octanol–water partition coefficient (Wildman–Crippen LogP) is 3.80. The van der Waals surface area contributed by atoms with Gasteiger partial charge in [0.25, 0.3) is 11.8 Å². The molecule has 0 atom stereocenters. The third-order valence-corrected chi connectivity index (χ3v) is 3.55. The summed E-state index contributed by atoms with van der Waals surface area (Å²) in [7, 11) is 0. The quantitative estimate of drug-likeness (QED) is 0.632. The van der Waals surface area contributed by atoms with Crippen molar-refractivity contribution in [2.45, 2.75) is 6.92 Å². The number of anilines is 2. The molecule has 1 heterocycles. The third-order valence-electron chi connectivity index (χ3n) is 3.55. The van der Waals surface area contributed by atoms with Gasteiger partial charge in [0.1, 0.15) is 5.75 Å². The lowest BCUT2D eigenvalue weighted by atomic mass is 10.1. The largest absolute Gasteiger partial charge is 0.506 e. The lowest BCUT2D eigenvalue weighted by Crippen LogP contribution is -2.13. The summed E-state index contributed by atoms with van der Waals surface area (Å²) in [6.45, 7) is 1.85. The highest BCUT2D eigenvalue weighted by Gasteiger charge is 2.11. The Hall–Kier alpha value is -3.54. The highest BCUT2D eigenvalue weighted by molar-refractivity contribution is 6.06. The number of phenolic OH excluding ortho intramolecular Hbond substituents is 1. The second-order valence-corrected chi connectivity index (χ2v) is 5.48. The van der Waals surface area contributed by atoms with Gasteiger partial charge in [-0.15, -0.1) is 0 Å². The summed E-state index contributed by atoms with van der Waals surface area (Å²) in [6, 6.07) is 14.6. The van der Waals surface area contributed by atoms with E-state index in [9.17, 15) is 14.7 Å². The van der Waals surface area contributed by atoms with Crippen molar-refractivity contribution in [3.63, 3.8) is 0 Å². The first-order valence-corrected chi connectivity index (χ1v) is 7.59. The maximum atomic E-state index is 12.2. The molecule has 3 N–H and O–H groups in total. The van der Waals surface area contributed by atoms with E-state index >= 15 is 0 Å². The van der Waals surface area contributed by atoms with E-state index in [1.807, 2.05) is 6.92 Å². The van der Waals surface area contributed by atoms with Crippen LogP contribution in [0.15, 0.2) is 65.3 Å². The van der Waals surface area contributed by atoms with Crippen molar-refractivity contribution in [2.75, 3.05) is 10.6 Å². The summed E-state index contributed by atoms with van der Waals surface area (Å²) in [6.07, 6.45) is 1.42. The lowest BCUT2D eigenvalue weighted by Gasteiger charge is -2.09. The van der Waals surface area contributed by atoms with Crippen LogP contribution >= 0.6 is 0 Å². The maximum Gasteiger partial charge on any atom is 0.291 e. The molecule has 6 nitrogen and oxygen atoms in total. The van der Waals surface area contributed by atoms with E-state index < -0.39 is 0 Å². The average Bonchev–Trinajstić information content (AvgIpc) is 3.13. The maximum absolute atomic E-state index is 12.2. The van der Waals surface area contributed by atoms with Crippen LogP contribution < -0.4 is 10.6 Å². The molecular formula is C19H16N2O4. The zero-order valence-corrected chi connectivity index (χ0v) is 13.4. The summed E-state index contributed by atoms with van der Waals surface area (Å²) in [4.78, 5) is 24.1. The highest BCUT2D eigenvalue weighted by atomic mass is 16.3. The van der Waals surface area contributed by atoms with Gasteiger partial charge in [0.15, 0.2) is 5.76 Å². The van der Waals surface area contributed by atoms with Crippen LogP contribution in [0.25, 0.3) is 0 Å². The molecule has 3 rings (SSSR count). The van der Waals surface area contributed by atoms with Gasteiger partial charge in [-0.1, -0.05) is 6.07 Å². The molecule has 0 fully saturated rings. The molecule has 0 aliphatic carbocycles. The van der Waals surface area contributed by atoms with Gasteiger partial charge < -0.3 is 20.2 Å². The molecule has 1 aromatic heterocycles. The summed E-state index contributed by atoms with van der Waals surface area (Å²) in [5, 5.41) is 15.2. The van der Waals surface area contributed by atoms with E-state index in [1.54, 1.807) is 54.6 Å². The van der Waals surface area contributed by atoms with Crippen molar-refractivity contribution in [1.82, 2.24) is 0 Å². The van der Waals surface area contributed by atoms with Crippen LogP contribution in [0.2, 0.25) is 0 Å². The van der Waals surface area contributed by atoms with E-state index in [0.29, 0.717) is 16.9 Å². The van der Waals surface area contributed by atoms with Gasteiger partial charge in [-0.2, -0.15) is 0 Å². The first-order valence-electron chi connectivity index (χ1n) is 7.59. The smallest absolute Gasteiger partial charge is 0.291 e. The van der Waals surface area contributed by atoms with Crippen LogP contribution in [0.3, 0.4) is 0 Å². The molecule has 0 aliphatic rings. The normalized spacial score (nSPS) is 10.3. The van der Waals surface area contributed by atoms with Crippen molar-refractivity contribution in [2.24, 2.45) is 0 Å². The van der Waals surface area contributed by atoms with Crippen molar-refractivity contribution in [3.05, 3.63) is 77.7 Å². The Morgan fingerprint density at radius 2 is 1.72 bits per heavy atom. The van der Waals surface area contributed by atoms with Crippen molar-refractivity contribution < 1.29 is 19.1 Å². The van der Waals surface area contributed by atoms with Gasteiger partial charge >= 0.3 is 0 Å². The molecule has 0 unspecified atom stereocenters. The van der Waals surface area contributed by atoms with Crippen molar-refractivity contribution >= 4 is 23.2 Å². The number of benzene rings is 2. The van der Waals surface area contributed by atoms with E-state index in [1.165, 1.54) is 6.26 Å². The number of carbonyl (C=O) groups is 2. The second kappa shape index (κ2) is 6.92. The van der Waals surface area contributed by atoms with Crippen LogP contribution in [0.1, 0.15) is 26.5 Å². The molecule has 2 aromatic carbocycles. The first-order chi connectivity index (χ1) is 12.0. The fraction of sp³-hybridized carbons (Fsp3) is 0.0526. The van der Waals surface area contributed by atoms with Crippen LogP contribution in [-0.4, -0.2) is 16.9 Å². The molecular weight excluding hydrogens is 320 g/mol. The first kappa shape index (κ1) is 16.3. The number of furan rings is 1. The SMILES string of the molecule is Cc1ccc(NC(=O)c2ccc(NC(=O)c3ccco3)cc2)c(O)c1. The number of aryl methyl sites for hydroxylation is 1. The number of rotatable bonds is 4. The Bertz CT molecular complexity index is 900. The Balaban J connectivity index is 1.67. The zero-order chi connectivity index (χ0) is 17.8. The number of aromatic hydroxyl groups is 1. The Kier molecular flexibility index (Phi) is 4.52. The zero-order valence-electron chi connectivity index (χ0n) is 13.4. The summed E-state index contributed by atoms with van der Waals surface area (Å²) in [5.74, 6) is -0.512. The van der Waals surface area contributed by atoms with E-state index in [0.717, 1.165) is 5.56 Å². The Morgan fingerprint density at radius 3 is 2.36 bits per heavy atom. The molecule has 0 spiro atoms. The van der Waals surface area contributed by atoms with Gasteiger partial charge in [0.05, 0.1) is 12.0 Å². The van der Waals surface area contributed by atoms with Gasteiger partial charge in [0, 0.05) is 11.3 Å². The lowest BCUT2D eigenvalue weighted by molar-refractivity contribution is 0.0995. The molecule has 126 valence electrons. The third kappa shape index (κ3) is 3.87. The molecule has 0 radical (unpaired) electrons. The van der Waals surface area contributed by atoms with Crippen molar-refractivity contribution in [1.29, 1.82) is 0 Å². The van der Waals surface area contributed by atoms with Crippen LogP contribution in [0.4, 0.5) is 11.4 Å². The molecule has 6 heteroatoms. The number of hydrogen-bond donors (Lipinski definition) is 3. The molecule has 2 amide bonds. The molecule has 25 heavy (non-hydrogen) atoms. The van der Waals surface area contributed by atoms with E-state index in [-0.39, 0.29) is 23.3 Å². The second-order valence-electron chi connectivity index (χ2n) is 5.48. The van der Waals surface area contributed by atoms with Gasteiger partial charge in [0.2, 0.25) is 0 Å². The minimum atomic E-state index is -0.369. The topological polar surface area (TPSA) is 91.6 Å². The fourth-order valence-corrected chi connectivity index (χ4v) is 2.25. The summed E-state index contributed by atoms with van der Waals surface area (Å²) in [5.41, 5.74) is 2.17. The van der Waals surface area contributed by atoms with Crippen LogP contribution in [-0.2, 0) is 0 Å². The average molecular weight is 336 g/mol. The van der Waals surface area contributed by atoms with Crippen molar-refractivity contribution in [3.8, 4) is 5.75 Å². The summed E-state index contributed by atoms with van der Waals surface area (Å²) >= 11 is 0. The fourth-order valence-electron chi connectivity index (χ4n) is 2.25. The van der Waals surface area contributed by atoms with E-state index in [4.69, 9.17) is 4.42 Å². The highest BCUT2D eigenvalue weighted by Crippen LogP contribution is 2.24. The van der Waals surface area contributed by atoms with Crippen LogP contribution in [0.5, 0.6) is 5.75 Å².